The number of aliphatic hydroxyl groups is 2. The molecule has 18 heavy (non-hydrogen) atoms. The van der Waals surface area contributed by atoms with E-state index in [9.17, 15) is 15.0 Å². The number of Topliss-reactive ketones (excluding diaryl/α,β-unsaturated/α-hetero) is 1. The molecule has 98 valence electrons. The predicted octanol–water partition coefficient (Wildman–Crippen LogP) is 0.780. The topological polar surface area (TPSA) is 87.0 Å². The van der Waals surface area contributed by atoms with Crippen LogP contribution in [0, 0.1) is 0 Å². The Hall–Kier alpha value is -1.43. The minimum absolute atomic E-state index is 0.00442. The Balaban J connectivity index is 2.19. The van der Waals surface area contributed by atoms with Crippen LogP contribution in [0.25, 0.3) is 0 Å². The number of phenolic OH excluding ortho intramolecular Hbond substituents is 1. The lowest BCUT2D eigenvalue weighted by molar-refractivity contribution is -0.0340. The number of hydrogen-bond donors (Lipinski definition) is 3. The van der Waals surface area contributed by atoms with Gasteiger partial charge in [-0.25, -0.2) is 0 Å². The average Bonchev–Trinajstić information content (AvgIpc) is 2.37. The van der Waals surface area contributed by atoms with Gasteiger partial charge in [-0.05, 0) is 18.1 Å². The Kier molecular flexibility index (Phi) is 3.96. The normalized spacial score (nSPS) is 20.6. The number of hydrogen-bond acceptors (Lipinski definition) is 5. The number of rotatable bonds is 4. The standard InChI is InChI=1S/C13H16O5/c14-6-8(15)7-18-12-5-4-11(17)13-9(12)2-1-3-10(13)16/h1-3,8,12,14-16H,4-7H2. The number of ketones is 1. The third-order valence-corrected chi connectivity index (χ3v) is 3.03. The molecule has 0 aliphatic heterocycles. The number of carbonyl (C=O) groups is 1. The third-order valence-electron chi connectivity index (χ3n) is 3.03. The lowest BCUT2D eigenvalue weighted by atomic mass is 9.88. The largest absolute Gasteiger partial charge is 0.507 e. The van der Waals surface area contributed by atoms with Gasteiger partial charge in [-0.1, -0.05) is 12.1 Å². The van der Waals surface area contributed by atoms with Gasteiger partial charge in [0.1, 0.15) is 11.9 Å². The second-order valence-electron chi connectivity index (χ2n) is 4.36. The molecule has 0 saturated heterocycles. The maximum absolute atomic E-state index is 11.7. The van der Waals surface area contributed by atoms with E-state index in [1.54, 1.807) is 12.1 Å². The molecule has 2 rings (SSSR count). The van der Waals surface area contributed by atoms with Crippen LogP contribution < -0.4 is 0 Å². The van der Waals surface area contributed by atoms with Gasteiger partial charge < -0.3 is 20.1 Å². The summed E-state index contributed by atoms with van der Waals surface area (Å²) >= 11 is 0. The molecule has 0 radical (unpaired) electrons. The highest BCUT2D eigenvalue weighted by Gasteiger charge is 2.28. The van der Waals surface area contributed by atoms with Crippen LogP contribution in [0.4, 0.5) is 0 Å². The molecule has 5 heteroatoms. The SMILES string of the molecule is O=C1CCC(OCC(O)CO)c2cccc(O)c21. The molecular formula is C13H16O5. The van der Waals surface area contributed by atoms with Gasteiger partial charge in [0.2, 0.25) is 0 Å². The molecule has 0 fully saturated rings. The van der Waals surface area contributed by atoms with Crippen LogP contribution in [0.3, 0.4) is 0 Å². The molecule has 5 nitrogen and oxygen atoms in total. The fraction of sp³-hybridized carbons (Fsp3) is 0.462. The predicted molar refractivity (Wildman–Crippen MR) is 63.5 cm³/mol. The minimum Gasteiger partial charge on any atom is -0.507 e. The Morgan fingerprint density at radius 1 is 1.44 bits per heavy atom. The van der Waals surface area contributed by atoms with E-state index >= 15 is 0 Å². The number of ether oxygens (including phenoxy) is 1. The molecule has 1 aliphatic carbocycles. The van der Waals surface area contributed by atoms with E-state index in [4.69, 9.17) is 9.84 Å². The van der Waals surface area contributed by atoms with Crippen molar-refractivity contribution in [3.05, 3.63) is 29.3 Å². The van der Waals surface area contributed by atoms with Crippen LogP contribution in [0.5, 0.6) is 5.75 Å². The van der Waals surface area contributed by atoms with Gasteiger partial charge in [-0.3, -0.25) is 4.79 Å². The molecule has 1 aromatic carbocycles. The van der Waals surface area contributed by atoms with Gasteiger partial charge in [-0.15, -0.1) is 0 Å². The van der Waals surface area contributed by atoms with Crippen LogP contribution in [-0.4, -0.2) is 40.4 Å². The zero-order valence-corrected chi connectivity index (χ0v) is 9.87. The van der Waals surface area contributed by atoms with Crippen LogP contribution in [0.1, 0.15) is 34.9 Å². The second kappa shape index (κ2) is 5.48. The van der Waals surface area contributed by atoms with Gasteiger partial charge in [0.25, 0.3) is 0 Å². The molecule has 1 aromatic rings. The monoisotopic (exact) mass is 252 g/mol. The summed E-state index contributed by atoms with van der Waals surface area (Å²) < 4.78 is 5.49. The number of aliphatic hydroxyl groups excluding tert-OH is 2. The van der Waals surface area contributed by atoms with Crippen molar-refractivity contribution in [2.24, 2.45) is 0 Å². The number of benzene rings is 1. The summed E-state index contributed by atoms with van der Waals surface area (Å²) in [7, 11) is 0. The van der Waals surface area contributed by atoms with Gasteiger partial charge >= 0.3 is 0 Å². The summed E-state index contributed by atoms with van der Waals surface area (Å²) in [6, 6.07) is 4.87. The number of aromatic hydroxyl groups is 1. The van der Waals surface area contributed by atoms with Gasteiger partial charge in [0.05, 0.1) is 24.9 Å². The molecule has 2 atom stereocenters. The first-order valence-electron chi connectivity index (χ1n) is 5.89. The lowest BCUT2D eigenvalue weighted by Gasteiger charge is -2.26. The Morgan fingerprint density at radius 3 is 2.94 bits per heavy atom. The average molecular weight is 252 g/mol. The van der Waals surface area contributed by atoms with E-state index in [0.29, 0.717) is 24.0 Å². The third kappa shape index (κ3) is 2.53. The van der Waals surface area contributed by atoms with E-state index in [0.717, 1.165) is 0 Å². The van der Waals surface area contributed by atoms with E-state index in [1.165, 1.54) is 6.07 Å². The molecule has 3 N–H and O–H groups in total. The van der Waals surface area contributed by atoms with Crippen LogP contribution in [0.15, 0.2) is 18.2 Å². The summed E-state index contributed by atoms with van der Waals surface area (Å²) in [6.45, 7) is -0.358. The van der Waals surface area contributed by atoms with Crippen LogP contribution in [-0.2, 0) is 4.74 Å². The van der Waals surface area contributed by atoms with Crippen molar-refractivity contribution in [3.63, 3.8) is 0 Å². The van der Waals surface area contributed by atoms with Crippen molar-refractivity contribution in [2.45, 2.75) is 25.0 Å². The van der Waals surface area contributed by atoms with E-state index < -0.39 is 6.10 Å². The second-order valence-corrected chi connectivity index (χ2v) is 4.36. The molecule has 1 aliphatic rings. The molecule has 2 unspecified atom stereocenters. The summed E-state index contributed by atoms with van der Waals surface area (Å²) in [4.78, 5) is 11.7. The quantitative estimate of drug-likeness (QED) is 0.737. The molecule has 0 bridgehead atoms. The highest BCUT2D eigenvalue weighted by molar-refractivity contribution is 6.01. The first kappa shape index (κ1) is 13.0. The first-order chi connectivity index (χ1) is 8.63. The molecule has 0 saturated carbocycles. The number of phenols is 1. The van der Waals surface area contributed by atoms with Crippen molar-refractivity contribution >= 4 is 5.78 Å². The first-order valence-corrected chi connectivity index (χ1v) is 5.89. The van der Waals surface area contributed by atoms with Crippen molar-refractivity contribution in [1.29, 1.82) is 0 Å². The summed E-state index contributed by atoms with van der Waals surface area (Å²) in [6.07, 6.45) is -0.424. The Morgan fingerprint density at radius 2 is 2.22 bits per heavy atom. The van der Waals surface area contributed by atoms with E-state index in [2.05, 4.69) is 0 Å². The van der Waals surface area contributed by atoms with Gasteiger partial charge in [0, 0.05) is 6.42 Å². The molecular weight excluding hydrogens is 236 g/mol. The van der Waals surface area contributed by atoms with E-state index in [-0.39, 0.29) is 30.9 Å². The zero-order valence-electron chi connectivity index (χ0n) is 9.87. The Labute approximate surface area is 105 Å². The van der Waals surface area contributed by atoms with Crippen LogP contribution in [0.2, 0.25) is 0 Å². The minimum atomic E-state index is -0.927. The number of carbonyl (C=O) groups excluding carboxylic acids is 1. The summed E-state index contributed by atoms with van der Waals surface area (Å²) in [5.74, 6) is -0.126. The zero-order chi connectivity index (χ0) is 13.1. The van der Waals surface area contributed by atoms with Crippen molar-refractivity contribution in [3.8, 4) is 5.75 Å². The molecule has 0 heterocycles. The maximum Gasteiger partial charge on any atom is 0.167 e. The smallest absolute Gasteiger partial charge is 0.167 e. The maximum atomic E-state index is 11.7. The summed E-state index contributed by atoms with van der Waals surface area (Å²) in [5, 5.41) is 27.7. The van der Waals surface area contributed by atoms with Crippen molar-refractivity contribution in [2.75, 3.05) is 13.2 Å². The van der Waals surface area contributed by atoms with Crippen molar-refractivity contribution in [1.82, 2.24) is 0 Å². The highest BCUT2D eigenvalue weighted by atomic mass is 16.5. The molecule has 0 spiro atoms. The Bertz CT molecular complexity index is 443. The highest BCUT2D eigenvalue weighted by Crippen LogP contribution is 2.36. The lowest BCUT2D eigenvalue weighted by Crippen LogP contribution is -2.24. The van der Waals surface area contributed by atoms with E-state index in [1.807, 2.05) is 0 Å². The summed E-state index contributed by atoms with van der Waals surface area (Å²) in [5.41, 5.74) is 0.962. The fourth-order valence-corrected chi connectivity index (χ4v) is 2.13. The fourth-order valence-electron chi connectivity index (χ4n) is 2.13. The molecule has 0 amide bonds. The van der Waals surface area contributed by atoms with Crippen molar-refractivity contribution < 1.29 is 24.9 Å². The van der Waals surface area contributed by atoms with Crippen LogP contribution >= 0.6 is 0 Å². The van der Waals surface area contributed by atoms with Gasteiger partial charge in [-0.2, -0.15) is 0 Å². The number of fused-ring (bicyclic) bond motifs is 1. The molecule has 0 aromatic heterocycles. The van der Waals surface area contributed by atoms with Gasteiger partial charge in [0.15, 0.2) is 5.78 Å².